The molecule has 47 heavy (non-hydrogen) atoms. The van der Waals surface area contributed by atoms with Gasteiger partial charge in [0, 0.05) is 48.0 Å². The van der Waals surface area contributed by atoms with Gasteiger partial charge in [0.25, 0.3) is 11.8 Å². The van der Waals surface area contributed by atoms with Gasteiger partial charge in [-0.25, -0.2) is 4.98 Å². The number of nitrogens with one attached hydrogen (secondary N) is 3. The molecule has 5 rings (SSSR count). The van der Waals surface area contributed by atoms with Crippen molar-refractivity contribution in [2.45, 2.75) is 51.7 Å². The van der Waals surface area contributed by atoms with E-state index in [1.807, 2.05) is 79.0 Å². The molecule has 3 unspecified atom stereocenters. The summed E-state index contributed by atoms with van der Waals surface area (Å²) in [4.78, 5) is 32.5. The summed E-state index contributed by atoms with van der Waals surface area (Å²) in [5.41, 5.74) is 5.85. The fourth-order valence-corrected chi connectivity index (χ4v) is 6.17. The molecule has 5 aromatic rings. The standard InChI is InChI=1S/C38H41N5O3S/c1-26-25-47-34(41-26)24-43(3)38(46)32-18-11-17-31(21-32)37(45)42-27(2)36(44)35(30-15-8-5-9-16-30)40-23-29-14-10-19-33(20-29)39-22-28-12-6-4-7-13-28/h4-21,25,27,35-36,39-40,44H,22-24H2,1-3H3,(H,42,45). The fraction of sp³-hybridized carbons (Fsp3) is 0.237. The molecule has 0 saturated carbocycles. The zero-order chi connectivity index (χ0) is 33.2. The third kappa shape index (κ3) is 9.36. The molecule has 0 aliphatic heterocycles. The highest BCUT2D eigenvalue weighted by molar-refractivity contribution is 7.09. The number of aryl methyl sites for hydroxylation is 1. The molecule has 1 heterocycles. The van der Waals surface area contributed by atoms with Crippen LogP contribution in [0.3, 0.4) is 0 Å². The Balaban J connectivity index is 1.22. The highest BCUT2D eigenvalue weighted by Gasteiger charge is 2.28. The lowest BCUT2D eigenvalue weighted by Crippen LogP contribution is -2.47. The van der Waals surface area contributed by atoms with Gasteiger partial charge in [-0.1, -0.05) is 78.9 Å². The lowest BCUT2D eigenvalue weighted by Gasteiger charge is -2.30. The van der Waals surface area contributed by atoms with Crippen molar-refractivity contribution in [1.82, 2.24) is 20.5 Å². The molecule has 242 valence electrons. The summed E-state index contributed by atoms with van der Waals surface area (Å²) in [6.45, 7) is 5.33. The number of aromatic nitrogens is 1. The lowest BCUT2D eigenvalue weighted by molar-refractivity contribution is 0.0738. The normalized spacial score (nSPS) is 12.9. The van der Waals surface area contributed by atoms with Crippen LogP contribution in [0.15, 0.2) is 115 Å². The number of carbonyl (C=O) groups is 2. The van der Waals surface area contributed by atoms with E-state index < -0.39 is 18.2 Å². The summed E-state index contributed by atoms with van der Waals surface area (Å²) in [5, 5.41) is 24.3. The Morgan fingerprint density at radius 2 is 1.53 bits per heavy atom. The van der Waals surface area contributed by atoms with Crippen LogP contribution in [0.1, 0.15) is 61.1 Å². The monoisotopic (exact) mass is 647 g/mol. The van der Waals surface area contributed by atoms with Gasteiger partial charge in [0.1, 0.15) is 5.01 Å². The SMILES string of the molecule is Cc1csc(CN(C)C(=O)c2cccc(C(=O)NC(C)C(O)C(NCc3cccc(NCc4ccccc4)c3)c3ccccc3)c2)n1. The van der Waals surface area contributed by atoms with Gasteiger partial charge < -0.3 is 26.0 Å². The average Bonchev–Trinajstić information content (AvgIpc) is 3.52. The number of rotatable bonds is 14. The number of carbonyl (C=O) groups excluding carboxylic acids is 2. The second-order valence-corrected chi connectivity index (χ2v) is 12.6. The largest absolute Gasteiger partial charge is 0.389 e. The average molecular weight is 648 g/mol. The smallest absolute Gasteiger partial charge is 0.253 e. The predicted octanol–water partition coefficient (Wildman–Crippen LogP) is 6.35. The predicted molar refractivity (Wildman–Crippen MR) is 188 cm³/mol. The van der Waals surface area contributed by atoms with Crippen molar-refractivity contribution < 1.29 is 14.7 Å². The number of benzene rings is 4. The molecule has 0 aliphatic carbocycles. The first kappa shape index (κ1) is 33.5. The van der Waals surface area contributed by atoms with Crippen LogP contribution in [0.25, 0.3) is 0 Å². The zero-order valence-electron chi connectivity index (χ0n) is 26.9. The summed E-state index contributed by atoms with van der Waals surface area (Å²) in [5.74, 6) is -0.568. The number of aliphatic hydroxyl groups is 1. The van der Waals surface area contributed by atoms with Gasteiger partial charge in [-0.2, -0.15) is 0 Å². The van der Waals surface area contributed by atoms with Crippen molar-refractivity contribution in [3.8, 4) is 0 Å². The Labute approximate surface area is 280 Å². The Bertz CT molecular complexity index is 1760. The Morgan fingerprint density at radius 1 is 0.851 bits per heavy atom. The molecular weight excluding hydrogens is 607 g/mol. The molecule has 2 amide bonds. The third-order valence-electron chi connectivity index (χ3n) is 7.92. The van der Waals surface area contributed by atoms with E-state index in [4.69, 9.17) is 0 Å². The second-order valence-electron chi connectivity index (χ2n) is 11.7. The minimum absolute atomic E-state index is 0.201. The summed E-state index contributed by atoms with van der Waals surface area (Å²) in [7, 11) is 1.72. The Kier molecular flexibility index (Phi) is 11.5. The van der Waals surface area contributed by atoms with Gasteiger partial charge in [-0.05, 0) is 60.9 Å². The summed E-state index contributed by atoms with van der Waals surface area (Å²) < 4.78 is 0. The molecule has 9 heteroatoms. The maximum Gasteiger partial charge on any atom is 0.253 e. The van der Waals surface area contributed by atoms with Crippen LogP contribution < -0.4 is 16.0 Å². The minimum Gasteiger partial charge on any atom is -0.389 e. The molecule has 3 atom stereocenters. The molecule has 0 fully saturated rings. The van der Waals surface area contributed by atoms with E-state index in [0.29, 0.717) is 24.2 Å². The van der Waals surface area contributed by atoms with Crippen LogP contribution in [0.5, 0.6) is 0 Å². The molecule has 4 aromatic carbocycles. The van der Waals surface area contributed by atoms with E-state index in [1.165, 1.54) is 16.9 Å². The van der Waals surface area contributed by atoms with Gasteiger partial charge >= 0.3 is 0 Å². The maximum atomic E-state index is 13.4. The van der Waals surface area contributed by atoms with Crippen molar-refractivity contribution in [3.63, 3.8) is 0 Å². The zero-order valence-corrected chi connectivity index (χ0v) is 27.7. The van der Waals surface area contributed by atoms with Crippen LogP contribution >= 0.6 is 11.3 Å². The van der Waals surface area contributed by atoms with Crippen LogP contribution in [0, 0.1) is 6.92 Å². The molecule has 0 bridgehead atoms. The van der Waals surface area contributed by atoms with Gasteiger partial charge in [-0.15, -0.1) is 11.3 Å². The third-order valence-corrected chi connectivity index (χ3v) is 8.87. The molecule has 0 spiro atoms. The van der Waals surface area contributed by atoms with E-state index in [-0.39, 0.29) is 11.8 Å². The van der Waals surface area contributed by atoms with E-state index in [1.54, 1.807) is 43.1 Å². The lowest BCUT2D eigenvalue weighted by atomic mass is 9.96. The first-order valence-corrected chi connectivity index (χ1v) is 16.6. The van der Waals surface area contributed by atoms with E-state index in [0.717, 1.165) is 34.1 Å². The maximum absolute atomic E-state index is 13.4. The highest BCUT2D eigenvalue weighted by Crippen LogP contribution is 2.22. The van der Waals surface area contributed by atoms with Gasteiger partial charge in [-0.3, -0.25) is 9.59 Å². The second kappa shape index (κ2) is 16.1. The van der Waals surface area contributed by atoms with Crippen LogP contribution in [-0.4, -0.2) is 46.0 Å². The molecule has 0 aliphatic rings. The highest BCUT2D eigenvalue weighted by atomic mass is 32.1. The van der Waals surface area contributed by atoms with Crippen LogP contribution in [0.4, 0.5) is 5.69 Å². The first-order chi connectivity index (χ1) is 22.8. The van der Waals surface area contributed by atoms with Crippen molar-refractivity contribution in [3.05, 3.63) is 153 Å². The number of thiazole rings is 1. The van der Waals surface area contributed by atoms with Crippen LogP contribution in [0.2, 0.25) is 0 Å². The van der Waals surface area contributed by atoms with Crippen molar-refractivity contribution in [2.75, 3.05) is 12.4 Å². The number of amides is 2. The number of nitrogens with zero attached hydrogens (tertiary/aromatic N) is 2. The van der Waals surface area contributed by atoms with Gasteiger partial charge in [0.15, 0.2) is 0 Å². The minimum atomic E-state index is -0.946. The van der Waals surface area contributed by atoms with Crippen LogP contribution in [-0.2, 0) is 19.6 Å². The first-order valence-electron chi connectivity index (χ1n) is 15.7. The van der Waals surface area contributed by atoms with Gasteiger partial charge in [0.05, 0.1) is 24.7 Å². The molecule has 0 radical (unpaired) electrons. The van der Waals surface area contributed by atoms with Gasteiger partial charge in [0.2, 0.25) is 0 Å². The van der Waals surface area contributed by atoms with E-state index >= 15 is 0 Å². The molecule has 4 N–H and O–H groups in total. The summed E-state index contributed by atoms with van der Waals surface area (Å²) in [6.07, 6.45) is -0.946. The Hall–Kier alpha value is -4.83. The van der Waals surface area contributed by atoms with Crippen molar-refractivity contribution >= 4 is 28.8 Å². The molecule has 8 nitrogen and oxygen atoms in total. The fourth-order valence-electron chi connectivity index (χ4n) is 5.34. The van der Waals surface area contributed by atoms with Crippen molar-refractivity contribution in [2.24, 2.45) is 0 Å². The molecule has 1 aromatic heterocycles. The summed E-state index contributed by atoms with van der Waals surface area (Å²) in [6, 6.07) is 33.8. The molecule has 0 saturated heterocycles. The molecular formula is C38H41N5O3S. The number of anilines is 1. The quantitative estimate of drug-likeness (QED) is 0.112. The number of aliphatic hydroxyl groups excluding tert-OH is 1. The number of hydrogen-bond donors (Lipinski definition) is 4. The van der Waals surface area contributed by atoms with E-state index in [2.05, 4.69) is 39.1 Å². The van der Waals surface area contributed by atoms with E-state index in [9.17, 15) is 14.7 Å². The number of hydrogen-bond acceptors (Lipinski definition) is 7. The van der Waals surface area contributed by atoms with Crippen molar-refractivity contribution in [1.29, 1.82) is 0 Å². The Morgan fingerprint density at radius 3 is 2.26 bits per heavy atom. The topological polar surface area (TPSA) is 107 Å². The summed E-state index contributed by atoms with van der Waals surface area (Å²) >= 11 is 1.51.